The molecule has 0 aliphatic rings. The summed E-state index contributed by atoms with van der Waals surface area (Å²) < 4.78 is 10.0. The topological polar surface area (TPSA) is 88.8 Å². The van der Waals surface area contributed by atoms with Crippen molar-refractivity contribution in [3.8, 4) is 0 Å². The third kappa shape index (κ3) is 3.89. The number of carbonyl (C=O) groups is 2. The summed E-state index contributed by atoms with van der Waals surface area (Å²) in [6.45, 7) is 5.17. The van der Waals surface area contributed by atoms with E-state index in [2.05, 4.69) is 14.9 Å². The SMILES string of the molecule is CN(C)c1nonc1C(=O)N(C(=O)OC(C)(C)C)c1ccccc1. The maximum Gasteiger partial charge on any atom is 0.422 e. The van der Waals surface area contributed by atoms with Crippen molar-refractivity contribution in [2.24, 2.45) is 0 Å². The second kappa shape index (κ2) is 6.69. The largest absolute Gasteiger partial charge is 0.443 e. The molecule has 0 fully saturated rings. The number of anilines is 2. The molecule has 0 aliphatic carbocycles. The summed E-state index contributed by atoms with van der Waals surface area (Å²) in [6.07, 6.45) is -0.800. The number of hydrogen-bond acceptors (Lipinski definition) is 7. The molecule has 2 rings (SSSR count). The van der Waals surface area contributed by atoms with Crippen LogP contribution in [0.4, 0.5) is 16.3 Å². The van der Waals surface area contributed by atoms with Crippen molar-refractivity contribution in [3.05, 3.63) is 36.0 Å². The van der Waals surface area contributed by atoms with Crippen molar-refractivity contribution in [1.82, 2.24) is 10.3 Å². The van der Waals surface area contributed by atoms with Gasteiger partial charge in [-0.25, -0.2) is 14.3 Å². The minimum Gasteiger partial charge on any atom is -0.443 e. The molecule has 1 aromatic heterocycles. The van der Waals surface area contributed by atoms with Crippen LogP contribution in [-0.4, -0.2) is 42.0 Å². The van der Waals surface area contributed by atoms with E-state index in [0.29, 0.717) is 5.69 Å². The number of para-hydroxylation sites is 1. The minimum absolute atomic E-state index is 0.0743. The van der Waals surface area contributed by atoms with E-state index in [1.807, 2.05) is 0 Å². The zero-order valence-corrected chi connectivity index (χ0v) is 14.3. The van der Waals surface area contributed by atoms with Crippen LogP contribution in [-0.2, 0) is 4.74 Å². The fourth-order valence-electron chi connectivity index (χ4n) is 1.91. The molecule has 0 saturated carbocycles. The zero-order valence-electron chi connectivity index (χ0n) is 14.3. The Bertz CT molecular complexity index is 719. The molecule has 128 valence electrons. The lowest BCUT2D eigenvalue weighted by Gasteiger charge is -2.26. The third-order valence-corrected chi connectivity index (χ3v) is 2.89. The second-order valence-electron chi connectivity index (χ2n) is 6.29. The fraction of sp³-hybridized carbons (Fsp3) is 0.375. The van der Waals surface area contributed by atoms with Gasteiger partial charge in [0.25, 0.3) is 5.91 Å². The van der Waals surface area contributed by atoms with Gasteiger partial charge >= 0.3 is 6.09 Å². The maximum absolute atomic E-state index is 12.9. The van der Waals surface area contributed by atoms with Gasteiger partial charge in [-0.15, -0.1) is 0 Å². The van der Waals surface area contributed by atoms with Crippen molar-refractivity contribution in [1.29, 1.82) is 0 Å². The summed E-state index contributed by atoms with van der Waals surface area (Å²) in [5, 5.41) is 7.32. The van der Waals surface area contributed by atoms with Crippen LogP contribution in [0.15, 0.2) is 35.0 Å². The van der Waals surface area contributed by atoms with Crippen LogP contribution in [0.3, 0.4) is 0 Å². The van der Waals surface area contributed by atoms with Gasteiger partial charge in [0.05, 0.1) is 5.69 Å². The van der Waals surface area contributed by atoms with E-state index in [1.54, 1.807) is 70.1 Å². The summed E-state index contributed by atoms with van der Waals surface area (Å²) in [6, 6.07) is 8.47. The number of nitrogens with zero attached hydrogens (tertiary/aromatic N) is 4. The Morgan fingerprint density at radius 2 is 1.71 bits per heavy atom. The number of rotatable bonds is 3. The number of ether oxygens (including phenoxy) is 1. The summed E-state index contributed by atoms with van der Waals surface area (Å²) in [7, 11) is 3.38. The average molecular weight is 332 g/mol. The predicted molar refractivity (Wildman–Crippen MR) is 88.1 cm³/mol. The molecule has 0 N–H and O–H groups in total. The van der Waals surface area contributed by atoms with Gasteiger partial charge in [-0.2, -0.15) is 0 Å². The number of amides is 2. The smallest absolute Gasteiger partial charge is 0.422 e. The van der Waals surface area contributed by atoms with Gasteiger partial charge in [0, 0.05) is 14.1 Å². The molecular formula is C16H20N4O4. The van der Waals surface area contributed by atoms with Crippen LogP contribution in [0, 0.1) is 0 Å². The zero-order chi connectivity index (χ0) is 17.9. The van der Waals surface area contributed by atoms with Crippen molar-refractivity contribution >= 4 is 23.5 Å². The molecule has 8 heteroatoms. The molecule has 2 amide bonds. The number of hydrogen-bond donors (Lipinski definition) is 0. The first-order valence-electron chi connectivity index (χ1n) is 7.33. The van der Waals surface area contributed by atoms with Crippen molar-refractivity contribution < 1.29 is 19.0 Å². The van der Waals surface area contributed by atoms with E-state index in [4.69, 9.17) is 4.74 Å². The van der Waals surface area contributed by atoms with E-state index < -0.39 is 17.6 Å². The van der Waals surface area contributed by atoms with Crippen molar-refractivity contribution in [3.63, 3.8) is 0 Å². The lowest BCUT2D eigenvalue weighted by Crippen LogP contribution is -2.41. The maximum atomic E-state index is 12.9. The van der Waals surface area contributed by atoms with E-state index >= 15 is 0 Å². The normalized spacial score (nSPS) is 11.0. The van der Waals surface area contributed by atoms with E-state index in [1.165, 1.54) is 0 Å². The van der Waals surface area contributed by atoms with E-state index in [-0.39, 0.29) is 11.5 Å². The van der Waals surface area contributed by atoms with Gasteiger partial charge in [0.15, 0.2) is 0 Å². The van der Waals surface area contributed by atoms with E-state index in [9.17, 15) is 9.59 Å². The monoisotopic (exact) mass is 332 g/mol. The molecule has 0 bridgehead atoms. The quantitative estimate of drug-likeness (QED) is 0.853. The molecule has 8 nitrogen and oxygen atoms in total. The molecule has 0 unspecified atom stereocenters. The second-order valence-corrected chi connectivity index (χ2v) is 6.29. The Balaban J connectivity index is 2.44. The van der Waals surface area contributed by atoms with Gasteiger partial charge in [-0.3, -0.25) is 4.79 Å². The summed E-state index contributed by atoms with van der Waals surface area (Å²) in [5.74, 6) is -0.454. The molecule has 1 heterocycles. The van der Waals surface area contributed by atoms with Crippen LogP contribution >= 0.6 is 0 Å². The van der Waals surface area contributed by atoms with Crippen LogP contribution in [0.25, 0.3) is 0 Å². The molecule has 0 spiro atoms. The summed E-state index contributed by atoms with van der Waals surface area (Å²) in [4.78, 5) is 27.9. The summed E-state index contributed by atoms with van der Waals surface area (Å²) >= 11 is 0. The van der Waals surface area contributed by atoms with Crippen LogP contribution in [0.1, 0.15) is 31.3 Å². The Morgan fingerprint density at radius 1 is 1.08 bits per heavy atom. The van der Waals surface area contributed by atoms with Crippen LogP contribution in [0.5, 0.6) is 0 Å². The van der Waals surface area contributed by atoms with Gasteiger partial charge in [0.1, 0.15) is 5.60 Å². The lowest BCUT2D eigenvalue weighted by molar-refractivity contribution is 0.0563. The average Bonchev–Trinajstić information content (AvgIpc) is 2.96. The van der Waals surface area contributed by atoms with Gasteiger partial charge in [-0.1, -0.05) is 18.2 Å². The molecule has 0 radical (unpaired) electrons. The molecule has 0 aliphatic heterocycles. The highest BCUT2D eigenvalue weighted by atomic mass is 16.6. The Kier molecular flexibility index (Phi) is 4.87. The highest BCUT2D eigenvalue weighted by molar-refractivity contribution is 6.20. The first-order chi connectivity index (χ1) is 11.2. The first-order valence-corrected chi connectivity index (χ1v) is 7.33. The molecular weight excluding hydrogens is 312 g/mol. The highest BCUT2D eigenvalue weighted by Crippen LogP contribution is 2.23. The van der Waals surface area contributed by atoms with Crippen molar-refractivity contribution in [2.45, 2.75) is 26.4 Å². The van der Waals surface area contributed by atoms with Crippen LogP contribution < -0.4 is 9.80 Å². The number of aromatic nitrogens is 2. The Hall–Kier alpha value is -2.90. The standard InChI is InChI=1S/C16H20N4O4/c1-16(2,3)23-15(22)20(11-9-7-6-8-10-11)14(21)12-13(19(4)5)18-24-17-12/h6-10H,1-5H3. The number of benzene rings is 1. The molecule has 24 heavy (non-hydrogen) atoms. The minimum atomic E-state index is -0.800. The molecule has 1 aromatic carbocycles. The number of carbonyl (C=O) groups excluding carboxylic acids is 2. The number of imide groups is 1. The Labute approximate surface area is 140 Å². The van der Waals surface area contributed by atoms with Gasteiger partial charge in [0.2, 0.25) is 11.5 Å². The highest BCUT2D eigenvalue weighted by Gasteiger charge is 2.33. The predicted octanol–water partition coefficient (Wildman–Crippen LogP) is 2.72. The van der Waals surface area contributed by atoms with Crippen molar-refractivity contribution in [2.75, 3.05) is 23.9 Å². The first kappa shape index (κ1) is 17.5. The molecule has 0 saturated heterocycles. The lowest BCUT2D eigenvalue weighted by atomic mass is 10.2. The van der Waals surface area contributed by atoms with Gasteiger partial charge in [-0.05, 0) is 43.2 Å². The fourth-order valence-corrected chi connectivity index (χ4v) is 1.91. The van der Waals surface area contributed by atoms with E-state index in [0.717, 1.165) is 4.90 Å². The third-order valence-electron chi connectivity index (χ3n) is 2.89. The Morgan fingerprint density at radius 3 is 2.25 bits per heavy atom. The molecule has 2 aromatic rings. The summed E-state index contributed by atoms with van der Waals surface area (Å²) in [5.41, 5.74) is -0.462. The molecule has 0 atom stereocenters. The van der Waals surface area contributed by atoms with Crippen LogP contribution in [0.2, 0.25) is 0 Å². The van der Waals surface area contributed by atoms with Gasteiger partial charge < -0.3 is 9.64 Å².